The summed E-state index contributed by atoms with van der Waals surface area (Å²) in [5, 5.41) is 12.3. The van der Waals surface area contributed by atoms with Crippen molar-refractivity contribution in [3.8, 4) is 11.5 Å². The predicted octanol–water partition coefficient (Wildman–Crippen LogP) is 4.57. The normalized spacial score (nSPS) is 19.1. The van der Waals surface area contributed by atoms with E-state index in [1.165, 1.54) is 4.90 Å². The minimum absolute atomic E-state index is 0.0234. The van der Waals surface area contributed by atoms with Gasteiger partial charge in [-0.1, -0.05) is 36.4 Å². The zero-order valence-electron chi connectivity index (χ0n) is 18.0. The van der Waals surface area contributed by atoms with Crippen molar-refractivity contribution in [1.29, 1.82) is 0 Å². The number of Topliss-reactive ketones (excluding diaryl/α,β-unsaturated/α-hetero) is 1. The molecule has 1 saturated heterocycles. The third kappa shape index (κ3) is 3.05. The first-order valence-corrected chi connectivity index (χ1v) is 11.0. The van der Waals surface area contributed by atoms with Crippen molar-refractivity contribution in [2.24, 2.45) is 0 Å². The molecule has 0 spiro atoms. The van der Waals surface area contributed by atoms with E-state index in [-0.39, 0.29) is 11.3 Å². The van der Waals surface area contributed by atoms with E-state index >= 15 is 0 Å². The van der Waals surface area contributed by atoms with Crippen molar-refractivity contribution in [2.75, 3.05) is 18.1 Å². The third-order valence-corrected chi connectivity index (χ3v) is 6.21. The number of amides is 1. The molecule has 4 aromatic rings. The molecule has 1 aromatic heterocycles. The first-order valence-electron chi connectivity index (χ1n) is 11.0. The van der Waals surface area contributed by atoms with Gasteiger partial charge in [0.15, 0.2) is 11.5 Å². The summed E-state index contributed by atoms with van der Waals surface area (Å²) in [7, 11) is 0. The largest absolute Gasteiger partial charge is 0.507 e. The van der Waals surface area contributed by atoms with E-state index in [4.69, 9.17) is 9.47 Å². The lowest BCUT2D eigenvalue weighted by molar-refractivity contribution is -0.132. The summed E-state index contributed by atoms with van der Waals surface area (Å²) in [6.07, 6.45) is 1.79. The molecule has 7 heteroatoms. The Hall–Kier alpha value is -4.52. The second kappa shape index (κ2) is 7.81. The maximum atomic E-state index is 13.4. The van der Waals surface area contributed by atoms with Crippen LogP contribution in [0.5, 0.6) is 11.5 Å². The Kier molecular flexibility index (Phi) is 4.62. The predicted molar refractivity (Wildman–Crippen MR) is 127 cm³/mol. The Morgan fingerprint density at radius 2 is 1.65 bits per heavy atom. The van der Waals surface area contributed by atoms with Gasteiger partial charge in [-0.2, -0.15) is 0 Å². The molecule has 0 bridgehead atoms. The van der Waals surface area contributed by atoms with Crippen LogP contribution in [0.15, 0.2) is 84.6 Å². The zero-order valence-corrected chi connectivity index (χ0v) is 18.0. The van der Waals surface area contributed by atoms with Crippen LogP contribution in [-0.4, -0.2) is 35.0 Å². The molecule has 2 aliphatic rings. The van der Waals surface area contributed by atoms with Crippen molar-refractivity contribution in [3.05, 3.63) is 95.7 Å². The van der Waals surface area contributed by atoms with Crippen LogP contribution in [0.4, 0.5) is 5.69 Å². The lowest BCUT2D eigenvalue weighted by Gasteiger charge is -2.25. The summed E-state index contributed by atoms with van der Waals surface area (Å²) in [6, 6.07) is 20.8. The number of aromatic nitrogens is 1. The fraction of sp³-hybridized carbons (Fsp3) is 0.111. The molecule has 1 fully saturated rings. The second-order valence-electron chi connectivity index (χ2n) is 8.15. The summed E-state index contributed by atoms with van der Waals surface area (Å²) < 4.78 is 11.2. The van der Waals surface area contributed by atoms with Gasteiger partial charge >= 0.3 is 0 Å². The molecule has 34 heavy (non-hydrogen) atoms. The Morgan fingerprint density at radius 3 is 2.47 bits per heavy atom. The summed E-state index contributed by atoms with van der Waals surface area (Å²) >= 11 is 0. The highest BCUT2D eigenvalue weighted by Crippen LogP contribution is 2.44. The van der Waals surface area contributed by atoms with Crippen LogP contribution < -0.4 is 14.4 Å². The molecule has 1 atom stereocenters. The van der Waals surface area contributed by atoms with E-state index in [9.17, 15) is 14.7 Å². The van der Waals surface area contributed by atoms with Gasteiger partial charge in [-0.3, -0.25) is 14.5 Å². The van der Waals surface area contributed by atoms with Crippen molar-refractivity contribution >= 4 is 34.0 Å². The number of aromatic amines is 1. The maximum Gasteiger partial charge on any atom is 0.300 e. The molecule has 0 radical (unpaired) electrons. The van der Waals surface area contributed by atoms with Gasteiger partial charge in [-0.05, 0) is 36.4 Å². The first-order chi connectivity index (χ1) is 16.6. The lowest BCUT2D eigenvalue weighted by Crippen LogP contribution is -2.29. The number of anilines is 1. The van der Waals surface area contributed by atoms with Crippen LogP contribution in [0, 0.1) is 0 Å². The SMILES string of the molecule is O=C1C(=O)N(c2ccccc2)C(c2c[nH]c3ccccc23)/C1=C(\O)c1ccc2c(c1)OCCO2. The number of fused-ring (bicyclic) bond motifs is 2. The Morgan fingerprint density at radius 1 is 0.912 bits per heavy atom. The fourth-order valence-corrected chi connectivity index (χ4v) is 4.65. The minimum atomic E-state index is -0.813. The number of ether oxygens (including phenoxy) is 2. The van der Waals surface area contributed by atoms with E-state index in [2.05, 4.69) is 4.98 Å². The van der Waals surface area contributed by atoms with Crippen LogP contribution in [-0.2, 0) is 9.59 Å². The highest BCUT2D eigenvalue weighted by molar-refractivity contribution is 6.51. The Labute approximate surface area is 194 Å². The zero-order chi connectivity index (χ0) is 23.2. The molecule has 0 aliphatic carbocycles. The molecule has 6 rings (SSSR count). The highest BCUT2D eigenvalue weighted by Gasteiger charge is 2.47. The molecule has 168 valence electrons. The average Bonchev–Trinajstić information content (AvgIpc) is 3.42. The second-order valence-corrected chi connectivity index (χ2v) is 8.15. The number of aliphatic hydroxyl groups is 1. The standard InChI is InChI=1S/C27H20N2O5/c30-25(16-10-11-21-22(14-16)34-13-12-33-21)23-24(19-15-28-20-9-5-4-8-18(19)20)29(27(32)26(23)31)17-6-2-1-3-7-17/h1-11,14-15,24,28,30H,12-13H2/b25-23+. The molecule has 3 aromatic carbocycles. The molecule has 1 amide bonds. The Balaban J connectivity index is 1.58. The molecule has 0 saturated carbocycles. The minimum Gasteiger partial charge on any atom is -0.507 e. The molecule has 2 aliphatic heterocycles. The summed E-state index contributed by atoms with van der Waals surface area (Å²) in [5.74, 6) is -0.645. The topological polar surface area (TPSA) is 91.9 Å². The van der Waals surface area contributed by atoms with Crippen LogP contribution in [0.25, 0.3) is 16.7 Å². The number of hydrogen-bond acceptors (Lipinski definition) is 5. The van der Waals surface area contributed by atoms with Gasteiger partial charge in [0, 0.05) is 33.9 Å². The van der Waals surface area contributed by atoms with Gasteiger partial charge in [-0.25, -0.2) is 0 Å². The number of carbonyl (C=O) groups is 2. The number of aliphatic hydroxyl groups excluding tert-OH is 1. The van der Waals surface area contributed by atoms with Crippen LogP contribution in [0.2, 0.25) is 0 Å². The number of nitrogens with zero attached hydrogens (tertiary/aromatic N) is 1. The van der Waals surface area contributed by atoms with Crippen LogP contribution >= 0.6 is 0 Å². The quantitative estimate of drug-likeness (QED) is 0.270. The number of para-hydroxylation sites is 2. The van der Waals surface area contributed by atoms with Gasteiger partial charge < -0.3 is 19.6 Å². The van der Waals surface area contributed by atoms with Gasteiger partial charge in [0.1, 0.15) is 19.0 Å². The third-order valence-electron chi connectivity index (χ3n) is 6.21. The van der Waals surface area contributed by atoms with E-state index in [1.54, 1.807) is 36.5 Å². The molecular formula is C27H20N2O5. The Bertz CT molecular complexity index is 1470. The smallest absolute Gasteiger partial charge is 0.300 e. The summed E-state index contributed by atoms with van der Waals surface area (Å²) in [5.41, 5.74) is 2.56. The number of H-pyrrole nitrogens is 1. The van der Waals surface area contributed by atoms with Crippen molar-refractivity contribution in [2.45, 2.75) is 6.04 Å². The van der Waals surface area contributed by atoms with E-state index < -0.39 is 17.7 Å². The van der Waals surface area contributed by atoms with Crippen LogP contribution in [0.3, 0.4) is 0 Å². The summed E-state index contributed by atoms with van der Waals surface area (Å²) in [6.45, 7) is 0.839. The number of benzene rings is 3. The molecule has 1 unspecified atom stereocenters. The average molecular weight is 452 g/mol. The number of ketones is 1. The van der Waals surface area contributed by atoms with Crippen LogP contribution in [0.1, 0.15) is 17.2 Å². The van der Waals surface area contributed by atoms with Crippen molar-refractivity contribution in [1.82, 2.24) is 4.98 Å². The van der Waals surface area contributed by atoms with Gasteiger partial charge in [0.05, 0.1) is 11.6 Å². The van der Waals surface area contributed by atoms with E-state index in [0.29, 0.717) is 36.0 Å². The molecule has 2 N–H and O–H groups in total. The van der Waals surface area contributed by atoms with Gasteiger partial charge in [0.25, 0.3) is 11.7 Å². The van der Waals surface area contributed by atoms with E-state index in [1.807, 2.05) is 42.5 Å². The molecular weight excluding hydrogens is 432 g/mol. The molecule has 3 heterocycles. The lowest BCUT2D eigenvalue weighted by atomic mass is 9.94. The summed E-state index contributed by atoms with van der Waals surface area (Å²) in [4.78, 5) is 31.3. The highest BCUT2D eigenvalue weighted by atomic mass is 16.6. The maximum absolute atomic E-state index is 13.4. The van der Waals surface area contributed by atoms with Gasteiger partial charge in [-0.15, -0.1) is 0 Å². The number of carbonyl (C=O) groups excluding carboxylic acids is 2. The monoisotopic (exact) mass is 452 g/mol. The number of hydrogen-bond donors (Lipinski definition) is 2. The first kappa shape index (κ1) is 20.1. The van der Waals surface area contributed by atoms with Crippen molar-refractivity contribution < 1.29 is 24.2 Å². The fourth-order valence-electron chi connectivity index (χ4n) is 4.65. The number of nitrogens with one attached hydrogen (secondary N) is 1. The van der Waals surface area contributed by atoms with Gasteiger partial charge in [0.2, 0.25) is 0 Å². The number of rotatable bonds is 3. The van der Waals surface area contributed by atoms with Crippen molar-refractivity contribution in [3.63, 3.8) is 0 Å². The van der Waals surface area contributed by atoms with E-state index in [0.717, 1.165) is 16.5 Å². The molecule has 7 nitrogen and oxygen atoms in total.